The Balaban J connectivity index is 1.72. The first kappa shape index (κ1) is 14.5. The molecule has 1 aromatic heterocycles. The zero-order chi connectivity index (χ0) is 13.5. The summed E-state index contributed by atoms with van der Waals surface area (Å²) in [5, 5.41) is 3.64. The SMILES string of the molecule is CCNC1CCCC1CCN(C)Cc1cccnc1. The zero-order valence-electron chi connectivity index (χ0n) is 12.3. The molecule has 2 unspecified atom stereocenters. The minimum atomic E-state index is 0.761. The fourth-order valence-corrected chi connectivity index (χ4v) is 3.18. The lowest BCUT2D eigenvalue weighted by Gasteiger charge is -2.23. The van der Waals surface area contributed by atoms with Gasteiger partial charge in [-0.2, -0.15) is 0 Å². The van der Waals surface area contributed by atoms with Crippen LogP contribution in [0.1, 0.15) is 38.2 Å². The first-order valence-electron chi connectivity index (χ1n) is 7.60. The Bertz CT molecular complexity index is 352. The lowest BCUT2D eigenvalue weighted by atomic mass is 9.99. The molecule has 1 N–H and O–H groups in total. The van der Waals surface area contributed by atoms with Gasteiger partial charge in [0.2, 0.25) is 0 Å². The van der Waals surface area contributed by atoms with Crippen LogP contribution in [0.4, 0.5) is 0 Å². The van der Waals surface area contributed by atoms with Crippen molar-refractivity contribution < 1.29 is 0 Å². The van der Waals surface area contributed by atoms with Crippen molar-refractivity contribution in [2.45, 2.75) is 45.2 Å². The van der Waals surface area contributed by atoms with Gasteiger partial charge < -0.3 is 10.2 Å². The molecule has 1 aliphatic carbocycles. The van der Waals surface area contributed by atoms with Crippen molar-refractivity contribution >= 4 is 0 Å². The first-order chi connectivity index (χ1) is 9.29. The third kappa shape index (κ3) is 4.59. The molecule has 1 aromatic rings. The Morgan fingerprint density at radius 1 is 1.42 bits per heavy atom. The van der Waals surface area contributed by atoms with Gasteiger partial charge in [0.05, 0.1) is 0 Å². The molecule has 19 heavy (non-hydrogen) atoms. The highest BCUT2D eigenvalue weighted by atomic mass is 15.1. The average molecular weight is 261 g/mol. The van der Waals surface area contributed by atoms with E-state index in [4.69, 9.17) is 0 Å². The highest BCUT2D eigenvalue weighted by molar-refractivity contribution is 5.07. The van der Waals surface area contributed by atoms with Gasteiger partial charge in [-0.25, -0.2) is 0 Å². The van der Waals surface area contributed by atoms with E-state index in [9.17, 15) is 0 Å². The second-order valence-corrected chi connectivity index (χ2v) is 5.74. The Morgan fingerprint density at radius 3 is 3.05 bits per heavy atom. The van der Waals surface area contributed by atoms with E-state index in [1.807, 2.05) is 18.5 Å². The molecular weight excluding hydrogens is 234 g/mol. The summed E-state index contributed by atoms with van der Waals surface area (Å²) in [5.74, 6) is 0.872. The van der Waals surface area contributed by atoms with Gasteiger partial charge in [0, 0.05) is 25.0 Å². The molecule has 0 amide bonds. The van der Waals surface area contributed by atoms with E-state index in [0.29, 0.717) is 0 Å². The van der Waals surface area contributed by atoms with Gasteiger partial charge in [-0.15, -0.1) is 0 Å². The molecule has 1 fully saturated rings. The molecule has 106 valence electrons. The van der Waals surface area contributed by atoms with E-state index in [0.717, 1.165) is 25.0 Å². The Morgan fingerprint density at radius 2 is 2.32 bits per heavy atom. The molecule has 3 heteroatoms. The summed E-state index contributed by atoms with van der Waals surface area (Å²) >= 11 is 0. The smallest absolute Gasteiger partial charge is 0.0312 e. The second kappa shape index (κ2) is 7.61. The maximum atomic E-state index is 4.18. The molecule has 2 atom stereocenters. The minimum Gasteiger partial charge on any atom is -0.314 e. The first-order valence-corrected chi connectivity index (χ1v) is 7.60. The number of pyridine rings is 1. The Hall–Kier alpha value is -0.930. The molecule has 0 saturated heterocycles. The Labute approximate surface area is 117 Å². The summed E-state index contributed by atoms with van der Waals surface area (Å²) in [6, 6.07) is 4.93. The van der Waals surface area contributed by atoms with Gasteiger partial charge in [0.15, 0.2) is 0 Å². The van der Waals surface area contributed by atoms with Crippen LogP contribution in [0.2, 0.25) is 0 Å². The monoisotopic (exact) mass is 261 g/mol. The predicted molar refractivity (Wildman–Crippen MR) is 80.0 cm³/mol. The number of aromatic nitrogens is 1. The molecule has 3 nitrogen and oxygen atoms in total. The van der Waals surface area contributed by atoms with Crippen molar-refractivity contribution in [3.05, 3.63) is 30.1 Å². The number of nitrogens with one attached hydrogen (secondary N) is 1. The van der Waals surface area contributed by atoms with Gasteiger partial charge in [-0.05, 0) is 56.9 Å². The normalized spacial score (nSPS) is 23.1. The van der Waals surface area contributed by atoms with Crippen LogP contribution in [0.15, 0.2) is 24.5 Å². The molecule has 2 rings (SSSR count). The lowest BCUT2D eigenvalue weighted by Crippen LogP contribution is -2.34. The second-order valence-electron chi connectivity index (χ2n) is 5.74. The third-order valence-corrected chi connectivity index (χ3v) is 4.18. The van der Waals surface area contributed by atoms with Crippen LogP contribution in [0.5, 0.6) is 0 Å². The maximum absolute atomic E-state index is 4.18. The Kier molecular flexibility index (Phi) is 5.80. The minimum absolute atomic E-state index is 0.761. The van der Waals surface area contributed by atoms with Crippen LogP contribution in [-0.2, 0) is 6.54 Å². The van der Waals surface area contributed by atoms with Crippen LogP contribution in [0.3, 0.4) is 0 Å². The van der Waals surface area contributed by atoms with E-state index in [-0.39, 0.29) is 0 Å². The van der Waals surface area contributed by atoms with Crippen LogP contribution in [0, 0.1) is 5.92 Å². The molecule has 0 spiro atoms. The molecule has 0 aromatic carbocycles. The van der Waals surface area contributed by atoms with Gasteiger partial charge in [0.25, 0.3) is 0 Å². The van der Waals surface area contributed by atoms with Crippen molar-refractivity contribution in [1.29, 1.82) is 0 Å². The molecular formula is C16H27N3. The fourth-order valence-electron chi connectivity index (χ4n) is 3.18. The van der Waals surface area contributed by atoms with Crippen molar-refractivity contribution in [2.24, 2.45) is 5.92 Å². The van der Waals surface area contributed by atoms with Gasteiger partial charge in [-0.3, -0.25) is 4.98 Å². The van der Waals surface area contributed by atoms with E-state index in [1.165, 1.54) is 37.8 Å². The molecule has 0 radical (unpaired) electrons. The van der Waals surface area contributed by atoms with Gasteiger partial charge in [-0.1, -0.05) is 19.4 Å². The van der Waals surface area contributed by atoms with Crippen LogP contribution < -0.4 is 5.32 Å². The highest BCUT2D eigenvalue weighted by Gasteiger charge is 2.26. The number of hydrogen-bond acceptors (Lipinski definition) is 3. The van der Waals surface area contributed by atoms with Crippen molar-refractivity contribution in [1.82, 2.24) is 15.2 Å². The molecule has 1 aliphatic rings. The summed E-state index contributed by atoms with van der Waals surface area (Å²) in [6.07, 6.45) is 9.28. The van der Waals surface area contributed by atoms with Crippen LogP contribution in [-0.4, -0.2) is 36.1 Å². The summed E-state index contributed by atoms with van der Waals surface area (Å²) in [7, 11) is 2.21. The number of nitrogens with zero attached hydrogens (tertiary/aromatic N) is 2. The number of hydrogen-bond donors (Lipinski definition) is 1. The third-order valence-electron chi connectivity index (χ3n) is 4.18. The summed E-state index contributed by atoms with van der Waals surface area (Å²) in [4.78, 5) is 6.59. The largest absolute Gasteiger partial charge is 0.314 e. The summed E-state index contributed by atoms with van der Waals surface area (Å²) in [6.45, 7) is 5.50. The lowest BCUT2D eigenvalue weighted by molar-refractivity contribution is 0.275. The van der Waals surface area contributed by atoms with Gasteiger partial charge >= 0.3 is 0 Å². The zero-order valence-corrected chi connectivity index (χ0v) is 12.3. The average Bonchev–Trinajstić information content (AvgIpc) is 2.85. The molecule has 0 bridgehead atoms. The van der Waals surface area contributed by atoms with Crippen molar-refractivity contribution in [2.75, 3.05) is 20.1 Å². The highest BCUT2D eigenvalue weighted by Crippen LogP contribution is 2.28. The van der Waals surface area contributed by atoms with Crippen molar-refractivity contribution in [3.63, 3.8) is 0 Å². The van der Waals surface area contributed by atoms with Crippen molar-refractivity contribution in [3.8, 4) is 0 Å². The molecule has 1 heterocycles. The van der Waals surface area contributed by atoms with Crippen LogP contribution in [0.25, 0.3) is 0 Å². The topological polar surface area (TPSA) is 28.2 Å². The van der Waals surface area contributed by atoms with Gasteiger partial charge in [0.1, 0.15) is 0 Å². The van der Waals surface area contributed by atoms with E-state index < -0.39 is 0 Å². The molecule has 1 saturated carbocycles. The molecule has 0 aliphatic heterocycles. The summed E-state index contributed by atoms with van der Waals surface area (Å²) < 4.78 is 0. The van der Waals surface area contributed by atoms with E-state index in [1.54, 1.807) is 0 Å². The maximum Gasteiger partial charge on any atom is 0.0312 e. The standard InChI is InChI=1S/C16H27N3/c1-3-18-16-8-4-7-15(16)9-11-19(2)13-14-6-5-10-17-12-14/h5-6,10,12,15-16,18H,3-4,7-9,11,13H2,1-2H3. The fraction of sp³-hybridized carbons (Fsp3) is 0.688. The van der Waals surface area contributed by atoms with E-state index >= 15 is 0 Å². The number of rotatable bonds is 7. The quantitative estimate of drug-likeness (QED) is 0.818. The van der Waals surface area contributed by atoms with Crippen LogP contribution >= 0.6 is 0 Å². The van der Waals surface area contributed by atoms with E-state index in [2.05, 4.69) is 35.2 Å². The predicted octanol–water partition coefficient (Wildman–Crippen LogP) is 2.68. The summed E-state index contributed by atoms with van der Waals surface area (Å²) in [5.41, 5.74) is 1.31.